The second kappa shape index (κ2) is 12.1. The van der Waals surface area contributed by atoms with Crippen LogP contribution in [0.3, 0.4) is 0 Å². The highest BCUT2D eigenvalue weighted by Crippen LogP contribution is 2.30. The summed E-state index contributed by atoms with van der Waals surface area (Å²) in [5, 5.41) is 7.73. The lowest BCUT2D eigenvalue weighted by Gasteiger charge is -2.30. The predicted molar refractivity (Wildman–Crippen MR) is 163 cm³/mol. The van der Waals surface area contributed by atoms with Crippen LogP contribution in [0.5, 0.6) is 0 Å². The lowest BCUT2D eigenvalue weighted by molar-refractivity contribution is -0.142. The maximum atomic E-state index is 13.9. The van der Waals surface area contributed by atoms with Gasteiger partial charge in [0.05, 0.1) is 28.3 Å². The van der Waals surface area contributed by atoms with Gasteiger partial charge in [-0.1, -0.05) is 66.2 Å². The molecule has 9 heteroatoms. The molecule has 208 valence electrons. The molecule has 0 saturated carbocycles. The number of benzene rings is 2. The molecule has 1 fully saturated rings. The lowest BCUT2D eigenvalue weighted by Crippen LogP contribution is -2.49. The summed E-state index contributed by atoms with van der Waals surface area (Å²) < 4.78 is 2.77. The van der Waals surface area contributed by atoms with Crippen molar-refractivity contribution in [3.63, 3.8) is 0 Å². The van der Waals surface area contributed by atoms with Crippen molar-refractivity contribution in [3.8, 4) is 21.6 Å². The number of rotatable bonds is 8. The van der Waals surface area contributed by atoms with Crippen molar-refractivity contribution in [1.29, 1.82) is 0 Å². The molecular weight excluding hydrogens is 586 g/mol. The molecule has 0 aliphatic carbocycles. The zero-order valence-electron chi connectivity index (χ0n) is 23.2. The minimum Gasteiger partial charge on any atom is -0.348 e. The van der Waals surface area contributed by atoms with E-state index in [1.807, 2.05) is 75.8 Å². The molecule has 40 heavy (non-hydrogen) atoms. The van der Waals surface area contributed by atoms with Crippen LogP contribution >= 0.6 is 27.3 Å². The van der Waals surface area contributed by atoms with Gasteiger partial charge in [-0.25, -0.2) is 4.98 Å². The highest BCUT2D eigenvalue weighted by molar-refractivity contribution is 9.10. The van der Waals surface area contributed by atoms with E-state index in [0.717, 1.165) is 43.7 Å². The van der Waals surface area contributed by atoms with Crippen molar-refractivity contribution in [1.82, 2.24) is 25.0 Å². The zero-order chi connectivity index (χ0) is 28.4. The van der Waals surface area contributed by atoms with Gasteiger partial charge in [-0.3, -0.25) is 14.3 Å². The van der Waals surface area contributed by atoms with Crippen molar-refractivity contribution < 1.29 is 9.59 Å². The largest absolute Gasteiger partial charge is 0.348 e. The molecule has 2 amide bonds. The third-order valence-corrected chi connectivity index (χ3v) is 9.07. The summed E-state index contributed by atoms with van der Waals surface area (Å²) in [6, 6.07) is 15.1. The maximum absolute atomic E-state index is 13.9. The van der Waals surface area contributed by atoms with E-state index in [1.54, 1.807) is 27.1 Å². The number of nitrogens with one attached hydrogen (secondary N) is 1. The van der Waals surface area contributed by atoms with E-state index in [9.17, 15) is 9.59 Å². The minimum absolute atomic E-state index is 0.00843. The zero-order valence-corrected chi connectivity index (χ0v) is 25.6. The Balaban J connectivity index is 1.28. The summed E-state index contributed by atoms with van der Waals surface area (Å²) in [4.78, 5) is 34.6. The smallest absolute Gasteiger partial charge is 0.248 e. The van der Waals surface area contributed by atoms with E-state index < -0.39 is 12.1 Å². The first-order chi connectivity index (χ1) is 19.2. The Kier molecular flexibility index (Phi) is 8.51. The fraction of sp³-hybridized carbons (Fsp3) is 0.355. The second-order valence-electron chi connectivity index (χ2n) is 10.7. The molecule has 3 heterocycles. The molecule has 0 radical (unpaired) electrons. The van der Waals surface area contributed by atoms with Crippen LogP contribution in [0, 0.1) is 12.8 Å². The van der Waals surface area contributed by atoms with E-state index in [1.165, 1.54) is 0 Å². The molecule has 2 unspecified atom stereocenters. The number of halogens is 1. The molecule has 2 aromatic heterocycles. The average molecular weight is 621 g/mol. The van der Waals surface area contributed by atoms with Crippen LogP contribution in [0.25, 0.3) is 21.6 Å². The second-order valence-corrected chi connectivity index (χ2v) is 12.5. The van der Waals surface area contributed by atoms with E-state index in [-0.39, 0.29) is 23.8 Å². The Labute approximate surface area is 247 Å². The molecule has 5 rings (SSSR count). The SMILES string of the molecule is Cc1ncsc1-c1ccc([C@H](C)NC(=O)C2CCCN2C(=O)C(C(C)C)n2cc(-c3ccc(Br)cc3)cn2)cc1. The van der Waals surface area contributed by atoms with Crippen LogP contribution in [0.2, 0.25) is 0 Å². The molecule has 7 nitrogen and oxygen atoms in total. The van der Waals surface area contributed by atoms with E-state index in [0.29, 0.717) is 13.0 Å². The number of carbonyl (C=O) groups is 2. The first kappa shape index (κ1) is 28.2. The van der Waals surface area contributed by atoms with E-state index in [2.05, 4.69) is 43.5 Å². The van der Waals surface area contributed by atoms with Crippen LogP contribution in [-0.4, -0.2) is 44.1 Å². The van der Waals surface area contributed by atoms with Crippen LogP contribution in [0.1, 0.15) is 57.0 Å². The number of aromatic nitrogens is 3. The van der Waals surface area contributed by atoms with Gasteiger partial charge in [0.2, 0.25) is 11.8 Å². The Morgan fingerprint density at radius 3 is 2.38 bits per heavy atom. The quantitative estimate of drug-likeness (QED) is 0.235. The van der Waals surface area contributed by atoms with Gasteiger partial charge in [0.15, 0.2) is 0 Å². The number of thiazole rings is 1. The number of hydrogen-bond acceptors (Lipinski definition) is 5. The number of amides is 2. The number of likely N-dealkylation sites (tertiary alicyclic amines) is 1. The Morgan fingerprint density at radius 2 is 1.73 bits per heavy atom. The summed E-state index contributed by atoms with van der Waals surface area (Å²) in [6.45, 7) is 8.60. The van der Waals surface area contributed by atoms with Crippen molar-refractivity contribution in [2.45, 2.75) is 58.7 Å². The summed E-state index contributed by atoms with van der Waals surface area (Å²) in [5.74, 6) is -0.164. The van der Waals surface area contributed by atoms with Crippen molar-refractivity contribution in [2.24, 2.45) is 5.92 Å². The van der Waals surface area contributed by atoms with Crippen molar-refractivity contribution in [3.05, 3.63) is 82.2 Å². The fourth-order valence-corrected chi connectivity index (χ4v) is 6.43. The number of hydrogen-bond donors (Lipinski definition) is 1. The van der Waals surface area contributed by atoms with Gasteiger partial charge in [-0.15, -0.1) is 11.3 Å². The van der Waals surface area contributed by atoms with Crippen LogP contribution in [-0.2, 0) is 9.59 Å². The molecule has 1 N–H and O–H groups in total. The lowest BCUT2D eigenvalue weighted by atomic mass is 10.0. The number of carbonyl (C=O) groups excluding carboxylic acids is 2. The maximum Gasteiger partial charge on any atom is 0.248 e. The van der Waals surface area contributed by atoms with Gasteiger partial charge in [0, 0.05) is 22.8 Å². The Bertz CT molecular complexity index is 1480. The molecule has 0 bridgehead atoms. The van der Waals surface area contributed by atoms with Crippen molar-refractivity contribution >= 4 is 39.1 Å². The minimum atomic E-state index is -0.489. The van der Waals surface area contributed by atoms with Gasteiger partial charge in [0.1, 0.15) is 12.1 Å². The first-order valence-corrected chi connectivity index (χ1v) is 15.3. The fourth-order valence-electron chi connectivity index (χ4n) is 5.35. The van der Waals surface area contributed by atoms with Gasteiger partial charge in [0.25, 0.3) is 0 Å². The normalized spacial score (nSPS) is 16.8. The molecule has 3 atom stereocenters. The van der Waals surface area contributed by atoms with Gasteiger partial charge in [-0.05, 0) is 61.4 Å². The molecule has 1 saturated heterocycles. The molecular formula is C31H34BrN5O2S. The average Bonchev–Trinajstić information content (AvgIpc) is 3.70. The van der Waals surface area contributed by atoms with Gasteiger partial charge in [-0.2, -0.15) is 5.10 Å². The van der Waals surface area contributed by atoms with E-state index >= 15 is 0 Å². The number of aryl methyl sites for hydroxylation is 1. The summed E-state index contributed by atoms with van der Waals surface area (Å²) in [6.07, 6.45) is 5.18. The van der Waals surface area contributed by atoms with Crippen LogP contribution in [0.15, 0.2) is 70.9 Å². The Hall–Kier alpha value is -3.30. The highest BCUT2D eigenvalue weighted by atomic mass is 79.9. The highest BCUT2D eigenvalue weighted by Gasteiger charge is 2.39. The third-order valence-electron chi connectivity index (χ3n) is 7.56. The molecule has 1 aliphatic heterocycles. The summed E-state index contributed by atoms with van der Waals surface area (Å²) in [7, 11) is 0. The molecule has 0 spiro atoms. The monoisotopic (exact) mass is 619 g/mol. The van der Waals surface area contributed by atoms with Crippen molar-refractivity contribution in [2.75, 3.05) is 6.54 Å². The first-order valence-electron chi connectivity index (χ1n) is 13.6. The Morgan fingerprint density at radius 1 is 1.02 bits per heavy atom. The molecule has 1 aliphatic rings. The van der Waals surface area contributed by atoms with Gasteiger partial charge >= 0.3 is 0 Å². The van der Waals surface area contributed by atoms with Crippen LogP contribution in [0.4, 0.5) is 0 Å². The topological polar surface area (TPSA) is 80.1 Å². The summed E-state index contributed by atoms with van der Waals surface area (Å²) in [5.41, 5.74) is 7.00. The van der Waals surface area contributed by atoms with Gasteiger partial charge < -0.3 is 10.2 Å². The summed E-state index contributed by atoms with van der Waals surface area (Å²) >= 11 is 5.10. The van der Waals surface area contributed by atoms with E-state index in [4.69, 9.17) is 0 Å². The molecule has 2 aromatic carbocycles. The van der Waals surface area contributed by atoms with Crippen LogP contribution < -0.4 is 5.32 Å². The molecule has 4 aromatic rings. The number of nitrogens with zero attached hydrogens (tertiary/aromatic N) is 4. The predicted octanol–water partition coefficient (Wildman–Crippen LogP) is 6.81. The third kappa shape index (κ3) is 5.90. The standard InChI is InChI=1S/C31H34BrN5O2S/c1-19(2)28(37-17-25(16-34-37)23-11-13-26(32)14-12-23)31(39)36-15-5-6-27(36)30(38)35-20(3)22-7-9-24(10-8-22)29-21(4)33-18-40-29/h7-14,16-20,27-28H,5-6,15H2,1-4H3,(H,35,38)/t20-,27?,28?/m0/s1.